The first-order valence-electron chi connectivity index (χ1n) is 10.4. The van der Waals surface area contributed by atoms with Crippen molar-refractivity contribution in [2.45, 2.75) is 38.6 Å². The van der Waals surface area contributed by atoms with Gasteiger partial charge >= 0.3 is 5.97 Å². The maximum atomic E-state index is 13.0. The number of anilines is 1. The Balaban J connectivity index is 1.50. The van der Waals surface area contributed by atoms with Crippen molar-refractivity contribution in [2.75, 3.05) is 18.5 Å². The number of benzene rings is 2. The van der Waals surface area contributed by atoms with Crippen LogP contribution in [0.5, 0.6) is 0 Å². The highest BCUT2D eigenvalue weighted by Crippen LogP contribution is 2.31. The van der Waals surface area contributed by atoms with E-state index in [1.807, 2.05) is 25.1 Å². The minimum Gasteiger partial charge on any atom is -0.460 e. The molecule has 0 aliphatic carbocycles. The Morgan fingerprint density at radius 2 is 2.03 bits per heavy atom. The molecule has 2 atom stereocenters. The van der Waals surface area contributed by atoms with Crippen molar-refractivity contribution in [1.82, 2.24) is 5.32 Å². The van der Waals surface area contributed by atoms with E-state index >= 15 is 0 Å². The number of carbonyl (C=O) groups excluding carboxylic acids is 2. The van der Waals surface area contributed by atoms with Crippen molar-refractivity contribution >= 4 is 28.5 Å². The molecule has 156 valence electrons. The first kappa shape index (κ1) is 20.2. The number of hydrogen-bond acceptors (Lipinski definition) is 5. The number of esters is 1. The van der Waals surface area contributed by atoms with Crippen LogP contribution in [-0.4, -0.2) is 31.1 Å². The molecule has 1 aliphatic heterocycles. The number of nitrogens with one attached hydrogen (secondary N) is 2. The number of amides is 1. The normalized spacial score (nSPS) is 18.5. The van der Waals surface area contributed by atoms with Crippen LogP contribution in [0, 0.1) is 6.92 Å². The number of hydrogen-bond donors (Lipinski definition) is 2. The van der Waals surface area contributed by atoms with E-state index in [-0.39, 0.29) is 23.6 Å². The fraction of sp³-hybridized carbons (Fsp3) is 0.333. The fourth-order valence-corrected chi connectivity index (χ4v) is 4.02. The Morgan fingerprint density at radius 1 is 1.20 bits per heavy atom. The van der Waals surface area contributed by atoms with Crippen molar-refractivity contribution in [3.05, 3.63) is 65.4 Å². The third-order valence-electron chi connectivity index (χ3n) is 5.51. The van der Waals surface area contributed by atoms with Crippen molar-refractivity contribution in [3.63, 3.8) is 0 Å². The Morgan fingerprint density at radius 3 is 2.83 bits per heavy atom. The third-order valence-corrected chi connectivity index (χ3v) is 5.51. The molecule has 2 aromatic carbocycles. The average molecular weight is 406 g/mol. The average Bonchev–Trinajstić information content (AvgIpc) is 3.39. The zero-order chi connectivity index (χ0) is 21.1. The summed E-state index contributed by atoms with van der Waals surface area (Å²) in [7, 11) is 0. The molecular weight excluding hydrogens is 380 g/mol. The van der Waals surface area contributed by atoms with Crippen LogP contribution < -0.4 is 10.6 Å². The lowest BCUT2D eigenvalue weighted by Crippen LogP contribution is -2.39. The lowest BCUT2D eigenvalue weighted by molar-refractivity contribution is -0.118. The van der Waals surface area contributed by atoms with Gasteiger partial charge in [0.05, 0.1) is 12.6 Å². The van der Waals surface area contributed by atoms with Gasteiger partial charge in [0, 0.05) is 17.0 Å². The number of furan rings is 1. The fourth-order valence-electron chi connectivity index (χ4n) is 4.02. The van der Waals surface area contributed by atoms with E-state index in [1.54, 1.807) is 18.2 Å². The van der Waals surface area contributed by atoms with Crippen molar-refractivity contribution in [1.29, 1.82) is 0 Å². The summed E-state index contributed by atoms with van der Waals surface area (Å²) in [6.07, 6.45) is 1.67. The molecular formula is C24H26N2O4. The summed E-state index contributed by atoms with van der Waals surface area (Å²) in [6.45, 7) is 5.18. The maximum absolute atomic E-state index is 13.0. The van der Waals surface area contributed by atoms with E-state index in [2.05, 4.69) is 29.7 Å². The second kappa shape index (κ2) is 8.71. The highest BCUT2D eigenvalue weighted by molar-refractivity contribution is 5.98. The molecule has 1 aliphatic rings. The molecule has 2 heterocycles. The quantitative estimate of drug-likeness (QED) is 0.594. The monoisotopic (exact) mass is 406 g/mol. The van der Waals surface area contributed by atoms with Crippen molar-refractivity contribution < 1.29 is 18.7 Å². The number of fused-ring (bicyclic) bond motifs is 1. The Labute approximate surface area is 175 Å². The Bertz CT molecular complexity index is 1070. The smallest absolute Gasteiger partial charge is 0.374 e. The summed E-state index contributed by atoms with van der Waals surface area (Å²) in [5, 5.41) is 7.09. The van der Waals surface area contributed by atoms with Crippen LogP contribution in [0.15, 0.2) is 52.9 Å². The van der Waals surface area contributed by atoms with E-state index in [0.29, 0.717) is 17.9 Å². The van der Waals surface area contributed by atoms with Gasteiger partial charge in [0.1, 0.15) is 5.58 Å². The first-order valence-corrected chi connectivity index (χ1v) is 10.4. The van der Waals surface area contributed by atoms with E-state index < -0.39 is 5.97 Å². The van der Waals surface area contributed by atoms with Crippen LogP contribution in [-0.2, 0) is 9.53 Å². The number of carbonyl (C=O) groups is 2. The van der Waals surface area contributed by atoms with Gasteiger partial charge in [-0.3, -0.25) is 4.79 Å². The molecule has 6 heteroatoms. The maximum Gasteiger partial charge on any atom is 0.374 e. The molecule has 1 saturated heterocycles. The van der Waals surface area contributed by atoms with Crippen LogP contribution in [0.25, 0.3) is 11.0 Å². The van der Waals surface area contributed by atoms with Crippen LogP contribution in [0.1, 0.15) is 47.4 Å². The molecule has 0 unspecified atom stereocenters. The molecule has 0 spiro atoms. The van der Waals surface area contributed by atoms with Crippen molar-refractivity contribution in [2.24, 2.45) is 0 Å². The number of aryl methyl sites for hydroxylation is 1. The van der Waals surface area contributed by atoms with E-state index in [9.17, 15) is 9.59 Å². The summed E-state index contributed by atoms with van der Waals surface area (Å²) >= 11 is 0. The minimum absolute atomic E-state index is 0.0637. The van der Waals surface area contributed by atoms with E-state index in [0.717, 1.165) is 24.8 Å². The van der Waals surface area contributed by atoms with E-state index in [4.69, 9.17) is 9.15 Å². The van der Waals surface area contributed by atoms with Crippen LogP contribution in [0.4, 0.5) is 5.69 Å². The molecule has 30 heavy (non-hydrogen) atoms. The Kier molecular flexibility index (Phi) is 5.86. The molecule has 0 saturated carbocycles. The highest BCUT2D eigenvalue weighted by atomic mass is 16.5. The summed E-state index contributed by atoms with van der Waals surface area (Å²) in [4.78, 5) is 25.0. The summed E-state index contributed by atoms with van der Waals surface area (Å²) in [5.41, 5.74) is 3.65. The second-order valence-corrected chi connectivity index (χ2v) is 7.67. The summed E-state index contributed by atoms with van der Waals surface area (Å²) in [5.74, 6) is -0.233. The highest BCUT2D eigenvalue weighted by Gasteiger charge is 2.34. The van der Waals surface area contributed by atoms with Crippen LogP contribution in [0.3, 0.4) is 0 Å². The first-order chi connectivity index (χ1) is 14.6. The SMILES string of the molecule is CCCOC(=O)c1cc2cc(NC(=O)[C@H]3NCC[C@H]3c3ccccc3C)ccc2o1. The van der Waals surface area contributed by atoms with Gasteiger partial charge < -0.3 is 19.8 Å². The lowest BCUT2D eigenvalue weighted by Gasteiger charge is -2.21. The topological polar surface area (TPSA) is 80.6 Å². The lowest BCUT2D eigenvalue weighted by atomic mass is 9.88. The van der Waals surface area contributed by atoms with Crippen molar-refractivity contribution in [3.8, 4) is 0 Å². The Hall–Kier alpha value is -3.12. The molecule has 2 N–H and O–H groups in total. The number of rotatable bonds is 6. The molecule has 1 amide bonds. The summed E-state index contributed by atoms with van der Waals surface area (Å²) in [6, 6.07) is 14.9. The zero-order valence-electron chi connectivity index (χ0n) is 17.2. The summed E-state index contributed by atoms with van der Waals surface area (Å²) < 4.78 is 10.7. The van der Waals surface area contributed by atoms with Crippen LogP contribution >= 0.6 is 0 Å². The predicted octanol–water partition coefficient (Wildman–Crippen LogP) is 4.39. The molecule has 0 radical (unpaired) electrons. The van der Waals surface area contributed by atoms with Gasteiger partial charge in [-0.2, -0.15) is 0 Å². The van der Waals surface area contributed by atoms with E-state index in [1.165, 1.54) is 11.1 Å². The molecule has 0 bridgehead atoms. The predicted molar refractivity (Wildman–Crippen MR) is 116 cm³/mol. The van der Waals surface area contributed by atoms with Gasteiger partial charge in [0.25, 0.3) is 0 Å². The number of ether oxygens (including phenoxy) is 1. The largest absolute Gasteiger partial charge is 0.460 e. The molecule has 3 aromatic rings. The minimum atomic E-state index is -0.477. The molecule has 1 fully saturated rings. The van der Waals surface area contributed by atoms with Gasteiger partial charge in [-0.1, -0.05) is 31.2 Å². The second-order valence-electron chi connectivity index (χ2n) is 7.67. The van der Waals surface area contributed by atoms with Gasteiger partial charge in [-0.25, -0.2) is 4.79 Å². The van der Waals surface area contributed by atoms with Crippen LogP contribution in [0.2, 0.25) is 0 Å². The third kappa shape index (κ3) is 4.09. The van der Waals surface area contributed by atoms with Gasteiger partial charge in [-0.05, 0) is 61.7 Å². The van der Waals surface area contributed by atoms with Gasteiger partial charge in [0.15, 0.2) is 0 Å². The molecule has 4 rings (SSSR count). The molecule has 1 aromatic heterocycles. The van der Waals surface area contributed by atoms with Gasteiger partial charge in [-0.15, -0.1) is 0 Å². The van der Waals surface area contributed by atoms with Gasteiger partial charge in [0.2, 0.25) is 11.7 Å². The zero-order valence-corrected chi connectivity index (χ0v) is 17.2. The molecule has 6 nitrogen and oxygen atoms in total. The standard InChI is InChI=1S/C24H26N2O4/c1-3-12-29-24(28)21-14-16-13-17(8-9-20(16)30-21)26-23(27)22-19(10-11-25-22)18-7-5-4-6-15(18)2/h4-9,13-14,19,22,25H,3,10-12H2,1-2H3,(H,26,27)/t19-,22-/m0/s1.